The van der Waals surface area contributed by atoms with Gasteiger partial charge in [0.15, 0.2) is 0 Å². The van der Waals surface area contributed by atoms with Crippen molar-refractivity contribution in [1.29, 1.82) is 0 Å². The number of hydrogen-bond donors (Lipinski definition) is 1. The van der Waals surface area contributed by atoms with E-state index in [9.17, 15) is 14.4 Å². The highest BCUT2D eigenvalue weighted by Crippen LogP contribution is 2.29. The first-order valence-electron chi connectivity index (χ1n) is 12.5. The van der Waals surface area contributed by atoms with Gasteiger partial charge in [0.2, 0.25) is 5.91 Å². The van der Waals surface area contributed by atoms with E-state index >= 15 is 0 Å². The largest absolute Gasteiger partial charge is 0.465 e. The molecule has 4 rings (SSSR count). The Hall–Kier alpha value is -4.57. The van der Waals surface area contributed by atoms with E-state index in [0.29, 0.717) is 33.0 Å². The second kappa shape index (κ2) is 12.1. The minimum absolute atomic E-state index is 0.0363. The van der Waals surface area contributed by atoms with Crippen molar-refractivity contribution in [1.82, 2.24) is 30.4 Å². The van der Waals surface area contributed by atoms with Gasteiger partial charge in [-0.2, -0.15) is 0 Å². The minimum Gasteiger partial charge on any atom is -0.465 e. The summed E-state index contributed by atoms with van der Waals surface area (Å²) in [5.74, 6) is -1.32. The lowest BCUT2D eigenvalue weighted by Gasteiger charge is -2.34. The van der Waals surface area contributed by atoms with E-state index in [1.807, 2.05) is 26.8 Å². The van der Waals surface area contributed by atoms with Crippen LogP contribution < -0.4 is 5.32 Å². The molecule has 1 N–H and O–H groups in total. The molecule has 0 aliphatic heterocycles. The summed E-state index contributed by atoms with van der Waals surface area (Å²) < 4.78 is 6.25. The third-order valence-electron chi connectivity index (χ3n) is 5.97. The number of carbonyl (C=O) groups is 3. The molecular weight excluding hydrogens is 532 g/mol. The minimum atomic E-state index is -1.06. The highest BCUT2D eigenvalue weighted by atomic mass is 35.5. The Balaban J connectivity index is 1.84. The zero-order chi connectivity index (χ0) is 28.9. The van der Waals surface area contributed by atoms with Gasteiger partial charge in [0.1, 0.15) is 12.4 Å². The van der Waals surface area contributed by atoms with Gasteiger partial charge in [-0.25, -0.2) is 9.48 Å². The number of nitrogens with zero attached hydrogens (tertiary/aromatic N) is 5. The molecule has 0 spiro atoms. The predicted octanol–water partition coefficient (Wildman–Crippen LogP) is 4.40. The van der Waals surface area contributed by atoms with E-state index in [2.05, 4.69) is 20.8 Å². The van der Waals surface area contributed by atoms with Crippen LogP contribution in [-0.2, 0) is 16.1 Å². The molecule has 1 heterocycles. The molecule has 0 unspecified atom stereocenters. The van der Waals surface area contributed by atoms with Crippen molar-refractivity contribution in [2.24, 2.45) is 0 Å². The quantitative estimate of drug-likeness (QED) is 0.317. The zero-order valence-electron chi connectivity index (χ0n) is 22.5. The average Bonchev–Trinajstić information content (AvgIpc) is 3.48. The van der Waals surface area contributed by atoms with Crippen LogP contribution in [0.4, 0.5) is 0 Å². The molecule has 1 aromatic heterocycles. The van der Waals surface area contributed by atoms with E-state index < -0.39 is 29.4 Å². The fourth-order valence-electron chi connectivity index (χ4n) is 4.15. The van der Waals surface area contributed by atoms with Crippen molar-refractivity contribution < 1.29 is 19.1 Å². The molecule has 0 saturated heterocycles. The number of benzene rings is 3. The third-order valence-corrected chi connectivity index (χ3v) is 6.34. The van der Waals surface area contributed by atoms with Crippen LogP contribution in [-0.4, -0.2) is 55.5 Å². The topological polar surface area (TPSA) is 119 Å². The van der Waals surface area contributed by atoms with Crippen LogP contribution in [0.15, 0.2) is 79.1 Å². The van der Waals surface area contributed by atoms with Gasteiger partial charge in [0, 0.05) is 22.7 Å². The van der Waals surface area contributed by atoms with Gasteiger partial charge >= 0.3 is 5.97 Å². The molecule has 206 valence electrons. The van der Waals surface area contributed by atoms with E-state index in [1.165, 1.54) is 23.0 Å². The fraction of sp³-hybridized carbons (Fsp3) is 0.241. The Labute approximate surface area is 236 Å². The number of nitrogens with one attached hydrogen (secondary N) is 1. The molecule has 11 heteroatoms. The Morgan fingerprint density at radius 1 is 1.00 bits per heavy atom. The zero-order valence-corrected chi connectivity index (χ0v) is 23.3. The van der Waals surface area contributed by atoms with Crippen molar-refractivity contribution in [3.8, 4) is 5.69 Å². The molecule has 0 bridgehead atoms. The van der Waals surface area contributed by atoms with Crippen LogP contribution in [0, 0.1) is 0 Å². The Morgan fingerprint density at radius 3 is 2.35 bits per heavy atom. The lowest BCUT2D eigenvalue weighted by molar-refractivity contribution is -0.127. The number of aromatic nitrogens is 4. The Morgan fingerprint density at radius 2 is 1.73 bits per heavy atom. The second-order valence-electron chi connectivity index (χ2n) is 10.1. The Bertz CT molecular complexity index is 1500. The van der Waals surface area contributed by atoms with Gasteiger partial charge in [0.05, 0.1) is 18.4 Å². The summed E-state index contributed by atoms with van der Waals surface area (Å²) in [5, 5.41) is 14.7. The third kappa shape index (κ3) is 6.70. The molecular formula is C29H29ClN6O4. The van der Waals surface area contributed by atoms with E-state index in [0.717, 1.165) is 0 Å². The summed E-state index contributed by atoms with van der Waals surface area (Å²) in [6.07, 6.45) is 1.42. The van der Waals surface area contributed by atoms with Crippen molar-refractivity contribution in [3.63, 3.8) is 0 Å². The van der Waals surface area contributed by atoms with Crippen LogP contribution in [0.3, 0.4) is 0 Å². The molecule has 2 amide bonds. The van der Waals surface area contributed by atoms with E-state index in [1.54, 1.807) is 66.7 Å². The molecule has 10 nitrogen and oxygen atoms in total. The summed E-state index contributed by atoms with van der Waals surface area (Å²) in [6.45, 7) is 5.61. The number of ether oxygens (including phenoxy) is 1. The van der Waals surface area contributed by atoms with Crippen molar-refractivity contribution >= 4 is 29.4 Å². The standard InChI is InChI=1S/C29H29ClN6O4/c1-29(2,3)32-26(37)25(19-12-14-20(15-13-19)28(39)40-4)35(17-22-8-5-6-11-24(22)30)27(38)21-9-7-10-23(16-21)36-18-31-33-34-36/h5-16,18,25H,17H2,1-4H3,(H,32,37)/t25-/m0/s1. The molecule has 40 heavy (non-hydrogen) atoms. The molecule has 0 aliphatic rings. The lowest BCUT2D eigenvalue weighted by Crippen LogP contribution is -2.49. The predicted molar refractivity (Wildman–Crippen MR) is 149 cm³/mol. The first-order valence-corrected chi connectivity index (χ1v) is 12.8. The number of methoxy groups -OCH3 is 1. The summed E-state index contributed by atoms with van der Waals surface area (Å²) in [4.78, 5) is 41.7. The Kier molecular flexibility index (Phi) is 8.59. The number of carbonyl (C=O) groups excluding carboxylic acids is 3. The number of rotatable bonds is 8. The SMILES string of the molecule is COC(=O)c1ccc([C@@H](C(=O)NC(C)(C)C)N(Cc2ccccc2Cl)C(=O)c2cccc(-n3cnnn3)c2)cc1. The number of amides is 2. The molecule has 0 aliphatic carbocycles. The monoisotopic (exact) mass is 560 g/mol. The smallest absolute Gasteiger partial charge is 0.337 e. The van der Waals surface area contributed by atoms with Crippen molar-refractivity contribution in [3.05, 3.63) is 106 Å². The average molecular weight is 561 g/mol. The van der Waals surface area contributed by atoms with Crippen LogP contribution in [0.5, 0.6) is 0 Å². The van der Waals surface area contributed by atoms with Crippen molar-refractivity contribution in [2.75, 3.05) is 7.11 Å². The van der Waals surface area contributed by atoms with Crippen molar-refractivity contribution in [2.45, 2.75) is 38.9 Å². The van der Waals surface area contributed by atoms with Crippen LogP contribution >= 0.6 is 11.6 Å². The molecule has 0 fully saturated rings. The highest BCUT2D eigenvalue weighted by molar-refractivity contribution is 6.31. The maximum atomic E-state index is 14.3. The van der Waals surface area contributed by atoms with Crippen LogP contribution in [0.2, 0.25) is 5.02 Å². The molecule has 1 atom stereocenters. The number of halogens is 1. The second-order valence-corrected chi connectivity index (χ2v) is 10.5. The van der Waals surface area contributed by atoms with Gasteiger partial charge in [0.25, 0.3) is 5.91 Å². The van der Waals surface area contributed by atoms with Gasteiger partial charge in [-0.1, -0.05) is 48.0 Å². The maximum Gasteiger partial charge on any atom is 0.337 e. The van der Waals surface area contributed by atoms with Crippen LogP contribution in [0.1, 0.15) is 58.7 Å². The summed E-state index contributed by atoms with van der Waals surface area (Å²) in [5.41, 5.74) is 1.80. The van der Waals surface area contributed by atoms with Gasteiger partial charge < -0.3 is 15.0 Å². The number of esters is 1. The number of tetrazole rings is 1. The first kappa shape index (κ1) is 28.4. The van der Waals surface area contributed by atoms with Gasteiger partial charge in [-0.15, -0.1) is 5.10 Å². The summed E-state index contributed by atoms with van der Waals surface area (Å²) >= 11 is 6.50. The van der Waals surface area contributed by atoms with E-state index in [4.69, 9.17) is 16.3 Å². The molecule has 0 radical (unpaired) electrons. The number of hydrogen-bond acceptors (Lipinski definition) is 7. The summed E-state index contributed by atoms with van der Waals surface area (Å²) in [7, 11) is 1.29. The molecule has 3 aromatic carbocycles. The first-order chi connectivity index (χ1) is 19.1. The molecule has 4 aromatic rings. The van der Waals surface area contributed by atoms with Gasteiger partial charge in [-0.3, -0.25) is 9.59 Å². The van der Waals surface area contributed by atoms with Gasteiger partial charge in [-0.05, 0) is 78.7 Å². The summed E-state index contributed by atoms with van der Waals surface area (Å²) in [6, 6.07) is 19.3. The molecule has 0 saturated carbocycles. The highest BCUT2D eigenvalue weighted by Gasteiger charge is 2.34. The lowest BCUT2D eigenvalue weighted by atomic mass is 9.98. The fourth-order valence-corrected chi connectivity index (χ4v) is 4.34. The normalized spacial score (nSPS) is 11.9. The van der Waals surface area contributed by atoms with Crippen LogP contribution in [0.25, 0.3) is 5.69 Å². The maximum absolute atomic E-state index is 14.3. The van der Waals surface area contributed by atoms with E-state index in [-0.39, 0.29) is 6.54 Å².